The van der Waals surface area contributed by atoms with Crippen LogP contribution < -0.4 is 5.73 Å². The number of halogens is 1. The zero-order valence-corrected chi connectivity index (χ0v) is 13.5. The van der Waals surface area contributed by atoms with E-state index in [4.69, 9.17) is 18.0 Å². The number of hydrogen-bond acceptors (Lipinski definition) is 3. The van der Waals surface area contributed by atoms with Crippen molar-refractivity contribution in [2.24, 2.45) is 0 Å². The topological polar surface area (TPSA) is 54.7 Å². The van der Waals surface area contributed by atoms with E-state index < -0.39 is 0 Å². The zero-order chi connectivity index (χ0) is 16.2. The fourth-order valence-corrected chi connectivity index (χ4v) is 2.90. The molecule has 0 aliphatic carbocycles. The molecule has 3 nitrogen and oxygen atoms in total. The van der Waals surface area contributed by atoms with Crippen LogP contribution in [0.5, 0.6) is 0 Å². The highest BCUT2D eigenvalue weighted by Gasteiger charge is 2.07. The lowest BCUT2D eigenvalue weighted by molar-refractivity contribution is 0.610. The quantitative estimate of drug-likeness (QED) is 0.526. The van der Waals surface area contributed by atoms with Crippen molar-refractivity contribution < 1.29 is 4.39 Å². The number of benzene rings is 1. The number of aromatic amines is 1. The van der Waals surface area contributed by atoms with Gasteiger partial charge in [-0.2, -0.15) is 0 Å². The molecular formula is C18H18FN3S. The number of nitrogens with two attached hydrogens (primary N) is 1. The molecule has 2 aromatic heterocycles. The SMILES string of the molecule is Nc1ccc(F)c(CCC(=S)CCc2ccnc3[nH]ccc23)c1. The molecule has 0 spiro atoms. The summed E-state index contributed by atoms with van der Waals surface area (Å²) in [5.41, 5.74) is 9.04. The average Bonchev–Trinajstić information content (AvgIpc) is 3.03. The van der Waals surface area contributed by atoms with Gasteiger partial charge in [0.05, 0.1) is 0 Å². The summed E-state index contributed by atoms with van der Waals surface area (Å²) in [5.74, 6) is -0.217. The number of anilines is 1. The lowest BCUT2D eigenvalue weighted by atomic mass is 10.0. The van der Waals surface area contributed by atoms with Crippen molar-refractivity contribution in [2.75, 3.05) is 5.73 Å². The minimum absolute atomic E-state index is 0.217. The molecule has 23 heavy (non-hydrogen) atoms. The summed E-state index contributed by atoms with van der Waals surface area (Å²) in [4.78, 5) is 8.34. The number of hydrogen-bond donors (Lipinski definition) is 2. The van der Waals surface area contributed by atoms with E-state index in [0.717, 1.165) is 28.7 Å². The van der Waals surface area contributed by atoms with Crippen molar-refractivity contribution in [3.05, 3.63) is 59.7 Å². The largest absolute Gasteiger partial charge is 0.399 e. The smallest absolute Gasteiger partial charge is 0.137 e. The van der Waals surface area contributed by atoms with Crippen molar-refractivity contribution >= 4 is 33.8 Å². The van der Waals surface area contributed by atoms with E-state index in [9.17, 15) is 4.39 Å². The molecule has 3 N–H and O–H groups in total. The van der Waals surface area contributed by atoms with Crippen molar-refractivity contribution in [1.82, 2.24) is 9.97 Å². The number of aromatic nitrogens is 2. The second-order valence-corrected chi connectivity index (χ2v) is 6.18. The van der Waals surface area contributed by atoms with Gasteiger partial charge >= 0.3 is 0 Å². The number of thiocarbonyl (C=S) groups is 1. The van der Waals surface area contributed by atoms with E-state index in [0.29, 0.717) is 24.1 Å². The zero-order valence-electron chi connectivity index (χ0n) is 12.7. The Morgan fingerprint density at radius 3 is 2.74 bits per heavy atom. The maximum absolute atomic E-state index is 13.7. The first-order chi connectivity index (χ1) is 11.1. The minimum atomic E-state index is -0.217. The molecular weight excluding hydrogens is 309 g/mol. The highest BCUT2D eigenvalue weighted by molar-refractivity contribution is 7.80. The second-order valence-electron chi connectivity index (χ2n) is 5.60. The maximum Gasteiger partial charge on any atom is 0.137 e. The highest BCUT2D eigenvalue weighted by atomic mass is 32.1. The summed E-state index contributed by atoms with van der Waals surface area (Å²) in [6.45, 7) is 0. The summed E-state index contributed by atoms with van der Waals surface area (Å²) < 4.78 is 13.7. The lowest BCUT2D eigenvalue weighted by Gasteiger charge is -2.07. The van der Waals surface area contributed by atoms with Gasteiger partial charge in [0.25, 0.3) is 0 Å². The van der Waals surface area contributed by atoms with Crippen molar-refractivity contribution in [3.8, 4) is 0 Å². The van der Waals surface area contributed by atoms with Crippen molar-refractivity contribution in [3.63, 3.8) is 0 Å². The molecule has 0 aliphatic rings. The Morgan fingerprint density at radius 2 is 1.91 bits per heavy atom. The van der Waals surface area contributed by atoms with Gasteiger partial charge in [0.15, 0.2) is 0 Å². The Labute approximate surface area is 139 Å². The third-order valence-electron chi connectivity index (χ3n) is 3.97. The Balaban J connectivity index is 1.58. The predicted octanol–water partition coefficient (Wildman–Crippen LogP) is 4.22. The van der Waals surface area contributed by atoms with Crippen LogP contribution in [0.1, 0.15) is 24.0 Å². The molecule has 0 saturated heterocycles. The van der Waals surface area contributed by atoms with Gasteiger partial charge in [0, 0.05) is 23.5 Å². The van der Waals surface area contributed by atoms with Crippen LogP contribution in [0.15, 0.2) is 42.7 Å². The third-order valence-corrected chi connectivity index (χ3v) is 4.37. The molecule has 0 radical (unpaired) electrons. The fraction of sp³-hybridized carbons (Fsp3) is 0.222. The summed E-state index contributed by atoms with van der Waals surface area (Å²) >= 11 is 5.45. The van der Waals surface area contributed by atoms with Gasteiger partial charge in [-0.25, -0.2) is 9.37 Å². The van der Waals surface area contributed by atoms with Crippen LogP contribution in [0.2, 0.25) is 0 Å². The first-order valence-electron chi connectivity index (χ1n) is 7.60. The summed E-state index contributed by atoms with van der Waals surface area (Å²) in [6, 6.07) is 8.72. The molecule has 3 aromatic rings. The van der Waals surface area contributed by atoms with Crippen molar-refractivity contribution in [1.29, 1.82) is 0 Å². The lowest BCUT2D eigenvalue weighted by Crippen LogP contribution is -2.02. The molecule has 0 saturated carbocycles. The first kappa shape index (κ1) is 15.6. The number of H-pyrrole nitrogens is 1. The molecule has 0 bridgehead atoms. The second kappa shape index (κ2) is 6.87. The van der Waals surface area contributed by atoms with Gasteiger partial charge in [-0.05, 0) is 72.0 Å². The van der Waals surface area contributed by atoms with Crippen molar-refractivity contribution in [2.45, 2.75) is 25.7 Å². The van der Waals surface area contributed by atoms with Gasteiger partial charge in [0.2, 0.25) is 0 Å². The number of rotatable bonds is 6. The maximum atomic E-state index is 13.7. The number of nitrogens with one attached hydrogen (secondary N) is 1. The number of fused-ring (bicyclic) bond motifs is 1. The molecule has 5 heteroatoms. The number of nitrogen functional groups attached to an aromatic ring is 1. The highest BCUT2D eigenvalue weighted by Crippen LogP contribution is 2.18. The molecule has 0 unspecified atom stereocenters. The number of pyridine rings is 1. The Morgan fingerprint density at radius 1 is 1.13 bits per heavy atom. The summed E-state index contributed by atoms with van der Waals surface area (Å²) in [5, 5.41) is 1.14. The predicted molar refractivity (Wildman–Crippen MR) is 96.1 cm³/mol. The van der Waals surface area contributed by atoms with Gasteiger partial charge < -0.3 is 10.7 Å². The Kier molecular flexibility index (Phi) is 4.67. The van der Waals surface area contributed by atoms with E-state index in [1.165, 1.54) is 11.6 Å². The normalized spacial score (nSPS) is 11.0. The van der Waals surface area contributed by atoms with Crippen LogP contribution in [-0.4, -0.2) is 14.8 Å². The third kappa shape index (κ3) is 3.74. The van der Waals surface area contributed by atoms with Gasteiger partial charge in [0.1, 0.15) is 11.5 Å². The molecule has 118 valence electrons. The van der Waals surface area contributed by atoms with E-state index in [-0.39, 0.29) is 5.82 Å². The number of nitrogens with zero attached hydrogens (tertiary/aromatic N) is 1. The minimum Gasteiger partial charge on any atom is -0.399 e. The summed E-state index contributed by atoms with van der Waals surface area (Å²) in [6.07, 6.45) is 6.66. The monoisotopic (exact) mass is 327 g/mol. The summed E-state index contributed by atoms with van der Waals surface area (Å²) in [7, 11) is 0. The Hall–Kier alpha value is -2.27. The first-order valence-corrected chi connectivity index (χ1v) is 8.01. The molecule has 0 atom stereocenters. The van der Waals surface area contributed by atoms with Crippen LogP contribution in [0, 0.1) is 5.82 Å². The van der Waals surface area contributed by atoms with Crippen LogP contribution in [0.4, 0.5) is 10.1 Å². The van der Waals surface area contributed by atoms with E-state index in [2.05, 4.69) is 9.97 Å². The van der Waals surface area contributed by atoms with Crippen LogP contribution in [-0.2, 0) is 12.8 Å². The molecule has 0 fully saturated rings. The number of aryl methyl sites for hydroxylation is 2. The van der Waals surface area contributed by atoms with E-state index in [1.807, 2.05) is 18.3 Å². The standard InChI is InChI=1S/C18H18FN3S/c19-17-6-3-14(20)11-13(17)2-5-15(23)4-1-12-7-9-21-18-16(12)8-10-22-18/h3,6-11H,1-2,4-5,20H2,(H,21,22). The molecule has 2 heterocycles. The average molecular weight is 327 g/mol. The molecule has 0 aliphatic heterocycles. The molecule has 1 aromatic carbocycles. The Bertz CT molecular complexity index is 841. The van der Waals surface area contributed by atoms with Crippen LogP contribution >= 0.6 is 12.2 Å². The fourth-order valence-electron chi connectivity index (χ4n) is 2.70. The van der Waals surface area contributed by atoms with Crippen LogP contribution in [0.3, 0.4) is 0 Å². The van der Waals surface area contributed by atoms with E-state index >= 15 is 0 Å². The van der Waals surface area contributed by atoms with Gasteiger partial charge in [-0.3, -0.25) is 0 Å². The van der Waals surface area contributed by atoms with Crippen LogP contribution in [0.25, 0.3) is 11.0 Å². The molecule has 0 amide bonds. The molecule has 3 rings (SSSR count). The van der Waals surface area contributed by atoms with E-state index in [1.54, 1.807) is 18.3 Å². The van der Waals surface area contributed by atoms with Gasteiger partial charge in [-0.1, -0.05) is 12.2 Å². The van der Waals surface area contributed by atoms with Gasteiger partial charge in [-0.15, -0.1) is 0 Å².